The van der Waals surface area contributed by atoms with Gasteiger partial charge in [-0.15, -0.1) is 0 Å². The molecule has 0 atom stereocenters. The van der Waals surface area contributed by atoms with Crippen LogP contribution in [0.5, 0.6) is 11.5 Å². The van der Waals surface area contributed by atoms with Crippen LogP contribution in [0.4, 0.5) is 31.1 Å². The maximum atomic E-state index is 14.7. The lowest BCUT2D eigenvalue weighted by molar-refractivity contribution is -0.180. The summed E-state index contributed by atoms with van der Waals surface area (Å²) >= 11 is 0. The van der Waals surface area contributed by atoms with Crippen LogP contribution in [0.25, 0.3) is 22.3 Å². The van der Waals surface area contributed by atoms with Gasteiger partial charge in [0.15, 0.2) is 17.3 Å². The fraction of sp³-hybridized carbons (Fsp3) is 0.440. The highest BCUT2D eigenvalue weighted by molar-refractivity contribution is 7.89. The number of carboxylic acid groups (broad SMARTS) is 1. The van der Waals surface area contributed by atoms with Gasteiger partial charge in [0.25, 0.3) is 0 Å². The molecule has 1 fully saturated rings. The van der Waals surface area contributed by atoms with Crippen molar-refractivity contribution in [3.05, 3.63) is 36.3 Å². The van der Waals surface area contributed by atoms with E-state index in [0.717, 1.165) is 49.7 Å². The van der Waals surface area contributed by atoms with Crippen molar-refractivity contribution in [1.82, 2.24) is 14.3 Å². The highest BCUT2D eigenvalue weighted by atomic mass is 32.2. The first-order valence-corrected chi connectivity index (χ1v) is 13.8. The maximum Gasteiger partial charge on any atom is 0.511 e. The molecule has 0 spiro atoms. The molecule has 1 aliphatic rings. The molecule has 2 N–H and O–H groups in total. The number of nitrogens with zero attached hydrogens (tertiary/aromatic N) is 2. The van der Waals surface area contributed by atoms with Gasteiger partial charge in [0.1, 0.15) is 16.1 Å². The molecule has 9 nitrogen and oxygen atoms in total. The molecule has 0 saturated heterocycles. The van der Waals surface area contributed by atoms with Gasteiger partial charge in [-0.05, 0) is 44.9 Å². The Bertz CT molecular complexity index is 1550. The summed E-state index contributed by atoms with van der Waals surface area (Å²) in [6, 6.07) is 3.54. The van der Waals surface area contributed by atoms with Gasteiger partial charge in [0, 0.05) is 23.7 Å². The van der Waals surface area contributed by atoms with Crippen LogP contribution in [0.15, 0.2) is 35.4 Å². The molecule has 1 saturated carbocycles. The largest absolute Gasteiger partial charge is 0.511 e. The predicted octanol–water partition coefficient (Wildman–Crippen LogP) is 6.63. The Labute approximate surface area is 230 Å². The number of alkyl halides is 5. The summed E-state index contributed by atoms with van der Waals surface area (Å²) in [6.45, 7) is -2.05. The van der Waals surface area contributed by atoms with Crippen LogP contribution in [0.1, 0.15) is 52.0 Å². The van der Waals surface area contributed by atoms with Crippen molar-refractivity contribution < 1.29 is 54.1 Å². The minimum Gasteiger partial charge on any atom is -0.449 e. The van der Waals surface area contributed by atoms with Gasteiger partial charge in [-0.3, -0.25) is 4.98 Å². The first-order chi connectivity index (χ1) is 19.0. The fourth-order valence-corrected chi connectivity index (χ4v) is 6.09. The number of pyridine rings is 1. The van der Waals surface area contributed by atoms with Gasteiger partial charge in [-0.2, -0.15) is 26.7 Å². The number of hydrogen-bond acceptors (Lipinski definition) is 6. The molecular weight excluding hydrogens is 584 g/mol. The van der Waals surface area contributed by atoms with E-state index in [4.69, 9.17) is 4.74 Å². The van der Waals surface area contributed by atoms with Crippen LogP contribution in [0, 0.1) is 5.82 Å². The molecule has 1 aromatic carbocycles. The van der Waals surface area contributed by atoms with E-state index in [-0.39, 0.29) is 34.1 Å². The number of aromatic nitrogens is 2. The highest BCUT2D eigenvalue weighted by Gasteiger charge is 2.50. The molecule has 0 radical (unpaired) electrons. The molecule has 0 bridgehead atoms. The molecule has 4 rings (SSSR count). The van der Waals surface area contributed by atoms with Crippen molar-refractivity contribution in [2.75, 3.05) is 0 Å². The summed E-state index contributed by atoms with van der Waals surface area (Å²) < 4.78 is 118. The number of nitrogens with one attached hydrogen (secondary N) is 1. The van der Waals surface area contributed by atoms with E-state index in [0.29, 0.717) is 26.7 Å². The number of carbonyl (C=O) groups is 1. The topological polar surface area (TPSA) is 120 Å². The van der Waals surface area contributed by atoms with Crippen molar-refractivity contribution >= 4 is 27.1 Å². The minimum absolute atomic E-state index is 0.0181. The summed E-state index contributed by atoms with van der Waals surface area (Å²) in [7, 11) is -4.71. The summed E-state index contributed by atoms with van der Waals surface area (Å²) in [5.74, 6) is -2.39. The number of sulfonamides is 1. The first-order valence-electron chi connectivity index (χ1n) is 12.3. The van der Waals surface area contributed by atoms with Crippen LogP contribution in [-0.4, -0.2) is 47.6 Å². The molecule has 224 valence electrons. The van der Waals surface area contributed by atoms with Crippen LogP contribution < -0.4 is 14.2 Å². The Morgan fingerprint density at radius 1 is 1.15 bits per heavy atom. The van der Waals surface area contributed by atoms with Gasteiger partial charge < -0.3 is 19.1 Å². The summed E-state index contributed by atoms with van der Waals surface area (Å²) in [5, 5.41) is 9.34. The van der Waals surface area contributed by atoms with Crippen LogP contribution in [-0.2, 0) is 10.0 Å². The van der Waals surface area contributed by atoms with Gasteiger partial charge in [-0.25, -0.2) is 17.6 Å². The third kappa shape index (κ3) is 6.22. The number of benzene rings is 1. The van der Waals surface area contributed by atoms with E-state index in [2.05, 4.69) is 9.72 Å². The summed E-state index contributed by atoms with van der Waals surface area (Å²) in [6.07, 6.45) is -2.30. The summed E-state index contributed by atoms with van der Waals surface area (Å²) in [5.41, 5.74) is -2.78. The van der Waals surface area contributed by atoms with Crippen molar-refractivity contribution in [1.29, 1.82) is 0 Å². The Morgan fingerprint density at radius 3 is 2.34 bits per heavy atom. The predicted molar refractivity (Wildman–Crippen MR) is 133 cm³/mol. The van der Waals surface area contributed by atoms with E-state index in [1.165, 1.54) is 0 Å². The molecule has 1 aliphatic carbocycles. The number of fused-ring (bicyclic) bond motifs is 1. The van der Waals surface area contributed by atoms with Crippen molar-refractivity contribution in [3.8, 4) is 22.9 Å². The monoisotopic (exact) mass is 609 g/mol. The molecule has 16 heteroatoms. The number of rotatable bonds is 8. The Hall–Kier alpha value is -3.53. The molecule has 3 aromatic rings. The number of ether oxygens (including phenoxy) is 2. The van der Waals surface area contributed by atoms with E-state index in [1.807, 2.05) is 0 Å². The lowest BCUT2D eigenvalue weighted by atomic mass is 9.95. The molecule has 41 heavy (non-hydrogen) atoms. The molecule has 2 aromatic heterocycles. The van der Waals surface area contributed by atoms with E-state index in [1.54, 1.807) is 9.29 Å². The first kappa shape index (κ1) is 30.4. The molecule has 0 unspecified atom stereocenters. The normalized spacial score (nSPS) is 15.4. The van der Waals surface area contributed by atoms with E-state index >= 15 is 0 Å². The maximum absolute atomic E-state index is 14.7. The minimum atomic E-state index is -4.90. The smallest absolute Gasteiger partial charge is 0.449 e. The fourth-order valence-electron chi connectivity index (χ4n) is 4.75. The SMILES string of the molecule is CC(C)(NS(=O)(=O)c1ccc(-c2c(OC(=O)O)c3cc(F)c(OC(F)F)cc3n2C2CCCCC2)nc1)C(F)(F)F. The van der Waals surface area contributed by atoms with Gasteiger partial charge in [0.05, 0.1) is 11.2 Å². The summed E-state index contributed by atoms with van der Waals surface area (Å²) in [4.78, 5) is 15.1. The molecule has 0 amide bonds. The zero-order chi connectivity index (χ0) is 30.3. The van der Waals surface area contributed by atoms with Crippen LogP contribution >= 0.6 is 0 Å². The Kier molecular flexibility index (Phi) is 8.19. The van der Waals surface area contributed by atoms with E-state index < -0.39 is 51.0 Å². The second-order valence-electron chi connectivity index (χ2n) is 9.99. The van der Waals surface area contributed by atoms with E-state index in [9.17, 15) is 44.7 Å². The quantitative estimate of drug-likeness (QED) is 0.217. The third-order valence-corrected chi connectivity index (χ3v) is 8.38. The number of halogens is 6. The van der Waals surface area contributed by atoms with Crippen LogP contribution in [0.2, 0.25) is 0 Å². The van der Waals surface area contributed by atoms with Crippen LogP contribution in [0.3, 0.4) is 0 Å². The number of hydrogen-bond donors (Lipinski definition) is 2. The molecule has 2 heterocycles. The van der Waals surface area contributed by atoms with Crippen molar-refractivity contribution in [2.45, 2.75) is 75.2 Å². The zero-order valence-electron chi connectivity index (χ0n) is 21.6. The highest BCUT2D eigenvalue weighted by Crippen LogP contribution is 2.46. The average Bonchev–Trinajstić information content (AvgIpc) is 3.15. The van der Waals surface area contributed by atoms with Crippen molar-refractivity contribution in [3.63, 3.8) is 0 Å². The zero-order valence-corrected chi connectivity index (χ0v) is 22.5. The molecule has 0 aliphatic heterocycles. The van der Waals surface area contributed by atoms with Gasteiger partial charge in [0.2, 0.25) is 10.0 Å². The van der Waals surface area contributed by atoms with Crippen molar-refractivity contribution in [2.24, 2.45) is 0 Å². The third-order valence-electron chi connectivity index (χ3n) is 6.74. The standard InChI is InChI=1S/C25H25F6N3O6S/c1-24(2,25(29,30)31)33-41(37,38)14-8-9-17(32-12-14)20-21(40-23(35)36)15-10-16(26)19(39-22(27)28)11-18(15)34(20)13-6-4-3-5-7-13/h8-13,22,33H,3-7H2,1-2H3,(H,35,36). The van der Waals surface area contributed by atoms with Gasteiger partial charge >= 0.3 is 18.9 Å². The molecular formula is C25H25F6N3O6S. The second-order valence-corrected chi connectivity index (χ2v) is 11.7. The average molecular weight is 610 g/mol. The Morgan fingerprint density at radius 2 is 1.80 bits per heavy atom. The lowest BCUT2D eigenvalue weighted by Crippen LogP contribution is -2.54. The lowest BCUT2D eigenvalue weighted by Gasteiger charge is -2.28. The Balaban J connectivity index is 1.91. The second kappa shape index (κ2) is 11.0. The van der Waals surface area contributed by atoms with Gasteiger partial charge in [-0.1, -0.05) is 19.3 Å².